The lowest BCUT2D eigenvalue weighted by Gasteiger charge is -2.19. The fourth-order valence-electron chi connectivity index (χ4n) is 1.58. The van der Waals surface area contributed by atoms with Gasteiger partial charge < -0.3 is 9.73 Å². The molecule has 6 heteroatoms. The predicted octanol–water partition coefficient (Wildman–Crippen LogP) is 1.85. The largest absolute Gasteiger partial charge is 0.421 e. The van der Waals surface area contributed by atoms with E-state index in [1.54, 1.807) is 12.4 Å². The third-order valence-corrected chi connectivity index (χ3v) is 2.50. The summed E-state index contributed by atoms with van der Waals surface area (Å²) in [6.07, 6.45) is 6.52. The number of aromatic nitrogens is 4. The summed E-state index contributed by atoms with van der Waals surface area (Å²) in [7, 11) is 0. The average Bonchev–Trinajstić information content (AvgIpc) is 2.83. The van der Waals surface area contributed by atoms with Crippen LogP contribution in [0.15, 0.2) is 23.1 Å². The summed E-state index contributed by atoms with van der Waals surface area (Å²) in [5.74, 6) is 1.12. The fourth-order valence-corrected chi connectivity index (χ4v) is 1.58. The predicted molar refractivity (Wildman–Crippen MR) is 71.4 cm³/mol. The van der Waals surface area contributed by atoms with E-state index in [9.17, 15) is 0 Å². The summed E-state index contributed by atoms with van der Waals surface area (Å²) in [5, 5.41) is 11.4. The van der Waals surface area contributed by atoms with Crippen molar-refractivity contribution in [2.24, 2.45) is 0 Å². The molecule has 0 saturated carbocycles. The van der Waals surface area contributed by atoms with Crippen molar-refractivity contribution in [2.45, 2.75) is 39.2 Å². The molecule has 2 heterocycles. The van der Waals surface area contributed by atoms with Crippen LogP contribution in [-0.2, 0) is 6.42 Å². The highest BCUT2D eigenvalue weighted by Crippen LogP contribution is 2.15. The van der Waals surface area contributed by atoms with Crippen LogP contribution < -0.4 is 5.32 Å². The second-order valence-corrected chi connectivity index (χ2v) is 5.41. The van der Waals surface area contributed by atoms with Crippen molar-refractivity contribution in [1.82, 2.24) is 25.5 Å². The minimum Gasteiger partial charge on any atom is -0.421 e. The summed E-state index contributed by atoms with van der Waals surface area (Å²) >= 11 is 0. The molecule has 0 saturated heterocycles. The molecule has 0 amide bonds. The van der Waals surface area contributed by atoms with Crippen molar-refractivity contribution in [3.8, 4) is 11.5 Å². The second kappa shape index (κ2) is 5.88. The Balaban J connectivity index is 1.85. The first-order valence-electron chi connectivity index (χ1n) is 6.37. The van der Waals surface area contributed by atoms with Crippen molar-refractivity contribution >= 4 is 0 Å². The van der Waals surface area contributed by atoms with E-state index in [0.29, 0.717) is 11.8 Å². The number of nitrogens with zero attached hydrogens (tertiary/aromatic N) is 4. The molecule has 19 heavy (non-hydrogen) atoms. The molecule has 0 spiro atoms. The highest BCUT2D eigenvalue weighted by Gasteiger charge is 2.10. The van der Waals surface area contributed by atoms with Gasteiger partial charge in [0.2, 0.25) is 5.89 Å². The van der Waals surface area contributed by atoms with Gasteiger partial charge in [-0.25, -0.2) is 9.97 Å². The van der Waals surface area contributed by atoms with Gasteiger partial charge in [-0.15, -0.1) is 10.2 Å². The zero-order chi connectivity index (χ0) is 13.7. The van der Waals surface area contributed by atoms with E-state index in [0.717, 1.165) is 24.9 Å². The molecule has 2 aromatic rings. The van der Waals surface area contributed by atoms with Gasteiger partial charge in [-0.05, 0) is 33.7 Å². The van der Waals surface area contributed by atoms with Gasteiger partial charge in [-0.2, -0.15) is 0 Å². The number of aryl methyl sites for hydroxylation is 1. The zero-order valence-corrected chi connectivity index (χ0v) is 11.6. The van der Waals surface area contributed by atoms with Gasteiger partial charge in [0.1, 0.15) is 6.33 Å². The van der Waals surface area contributed by atoms with Crippen LogP contribution in [0.3, 0.4) is 0 Å². The molecular formula is C13H19N5O. The Kier molecular flexibility index (Phi) is 4.21. The Bertz CT molecular complexity index is 503. The molecule has 0 fully saturated rings. The van der Waals surface area contributed by atoms with Gasteiger partial charge in [0.05, 0.1) is 5.56 Å². The Hall–Kier alpha value is -1.82. The molecule has 1 N–H and O–H groups in total. The molecule has 0 aliphatic carbocycles. The lowest BCUT2D eigenvalue weighted by atomic mass is 10.1. The molecule has 2 aromatic heterocycles. The molecule has 102 valence electrons. The van der Waals surface area contributed by atoms with Gasteiger partial charge in [-0.1, -0.05) is 0 Å². The first-order valence-corrected chi connectivity index (χ1v) is 6.37. The molecule has 2 rings (SSSR count). The van der Waals surface area contributed by atoms with E-state index >= 15 is 0 Å². The van der Waals surface area contributed by atoms with Gasteiger partial charge in [0, 0.05) is 24.4 Å². The molecular weight excluding hydrogens is 242 g/mol. The topological polar surface area (TPSA) is 76.7 Å². The molecule has 0 atom stereocenters. The smallest absolute Gasteiger partial charge is 0.250 e. The molecule has 0 radical (unpaired) electrons. The number of nitrogens with one attached hydrogen (secondary N) is 1. The van der Waals surface area contributed by atoms with E-state index in [1.807, 2.05) is 0 Å². The summed E-state index contributed by atoms with van der Waals surface area (Å²) < 4.78 is 5.57. The maximum Gasteiger partial charge on any atom is 0.250 e. The van der Waals surface area contributed by atoms with Crippen molar-refractivity contribution in [2.75, 3.05) is 6.54 Å². The van der Waals surface area contributed by atoms with Crippen molar-refractivity contribution in [3.63, 3.8) is 0 Å². The SMILES string of the molecule is CC(C)(C)NCCCc1nnc(-c2cncnc2)o1. The van der Waals surface area contributed by atoms with E-state index < -0.39 is 0 Å². The van der Waals surface area contributed by atoms with Crippen molar-refractivity contribution < 1.29 is 4.42 Å². The molecule has 0 aromatic carbocycles. The minimum absolute atomic E-state index is 0.140. The number of rotatable bonds is 5. The van der Waals surface area contributed by atoms with Crippen LogP contribution in [0.1, 0.15) is 33.1 Å². The third-order valence-electron chi connectivity index (χ3n) is 2.50. The highest BCUT2D eigenvalue weighted by molar-refractivity contribution is 5.48. The van der Waals surface area contributed by atoms with Crippen molar-refractivity contribution in [1.29, 1.82) is 0 Å². The lowest BCUT2D eigenvalue weighted by Crippen LogP contribution is -2.36. The van der Waals surface area contributed by atoms with Crippen molar-refractivity contribution in [3.05, 3.63) is 24.6 Å². The normalized spacial score (nSPS) is 11.7. The number of hydrogen-bond acceptors (Lipinski definition) is 6. The second-order valence-electron chi connectivity index (χ2n) is 5.41. The molecule has 0 unspecified atom stereocenters. The van der Waals surface area contributed by atoms with Gasteiger partial charge >= 0.3 is 0 Å². The Morgan fingerprint density at radius 2 is 1.89 bits per heavy atom. The van der Waals surface area contributed by atoms with E-state index in [2.05, 4.69) is 46.3 Å². The Morgan fingerprint density at radius 1 is 1.16 bits per heavy atom. The molecule has 0 bridgehead atoms. The fraction of sp³-hybridized carbons (Fsp3) is 0.538. The van der Waals surface area contributed by atoms with Crippen LogP contribution in [0, 0.1) is 0 Å². The highest BCUT2D eigenvalue weighted by atomic mass is 16.4. The lowest BCUT2D eigenvalue weighted by molar-refractivity contribution is 0.412. The molecule has 0 aliphatic rings. The first kappa shape index (κ1) is 13.6. The van der Waals surface area contributed by atoms with Crippen LogP contribution in [0.25, 0.3) is 11.5 Å². The summed E-state index contributed by atoms with van der Waals surface area (Å²) in [4.78, 5) is 7.85. The third kappa shape index (κ3) is 4.40. The minimum atomic E-state index is 0.140. The van der Waals surface area contributed by atoms with Crippen LogP contribution >= 0.6 is 0 Å². The molecule has 6 nitrogen and oxygen atoms in total. The monoisotopic (exact) mass is 261 g/mol. The molecule has 0 aliphatic heterocycles. The van der Waals surface area contributed by atoms with E-state index in [-0.39, 0.29) is 5.54 Å². The van der Waals surface area contributed by atoms with Gasteiger partial charge in [-0.3, -0.25) is 0 Å². The summed E-state index contributed by atoms with van der Waals surface area (Å²) in [6, 6.07) is 0. The number of hydrogen-bond donors (Lipinski definition) is 1. The summed E-state index contributed by atoms with van der Waals surface area (Å²) in [5.41, 5.74) is 0.885. The quantitative estimate of drug-likeness (QED) is 0.828. The summed E-state index contributed by atoms with van der Waals surface area (Å²) in [6.45, 7) is 7.36. The maximum atomic E-state index is 5.57. The average molecular weight is 261 g/mol. The Labute approximate surface area is 112 Å². The standard InChI is InChI=1S/C13H19N5O/c1-13(2,3)16-6-4-5-11-17-18-12(19-11)10-7-14-9-15-8-10/h7-9,16H,4-6H2,1-3H3. The van der Waals surface area contributed by atoms with Crippen LogP contribution in [0.4, 0.5) is 0 Å². The Morgan fingerprint density at radius 3 is 2.58 bits per heavy atom. The van der Waals surface area contributed by atoms with E-state index in [4.69, 9.17) is 4.42 Å². The van der Waals surface area contributed by atoms with Crippen LogP contribution in [0.2, 0.25) is 0 Å². The van der Waals surface area contributed by atoms with Gasteiger partial charge in [0.25, 0.3) is 5.89 Å². The van der Waals surface area contributed by atoms with E-state index in [1.165, 1.54) is 6.33 Å². The zero-order valence-electron chi connectivity index (χ0n) is 11.6. The van der Waals surface area contributed by atoms with Gasteiger partial charge in [0.15, 0.2) is 0 Å². The van der Waals surface area contributed by atoms with Crippen LogP contribution in [0.5, 0.6) is 0 Å². The first-order chi connectivity index (χ1) is 9.04. The van der Waals surface area contributed by atoms with Crippen LogP contribution in [-0.4, -0.2) is 32.2 Å². The maximum absolute atomic E-state index is 5.57.